The van der Waals surface area contributed by atoms with Crippen LogP contribution in [-0.2, 0) is 30.6 Å². The molecule has 0 unspecified atom stereocenters. The van der Waals surface area contributed by atoms with E-state index in [4.69, 9.17) is 4.42 Å². The van der Waals surface area contributed by atoms with Crippen molar-refractivity contribution < 1.29 is 27.2 Å². The summed E-state index contributed by atoms with van der Waals surface area (Å²) in [5.74, 6) is -0.00282. The molecule has 7 nitrogen and oxygen atoms in total. The van der Waals surface area contributed by atoms with Gasteiger partial charge in [-0.25, -0.2) is 4.98 Å². The summed E-state index contributed by atoms with van der Waals surface area (Å²) in [6.07, 6.45) is -3.12. The molecular formula is C27H29F3N4O3. The molecule has 10 heteroatoms. The quantitative estimate of drug-likeness (QED) is 0.464. The van der Waals surface area contributed by atoms with Gasteiger partial charge in [0.2, 0.25) is 11.8 Å². The highest BCUT2D eigenvalue weighted by Gasteiger charge is 2.30. The standard InChI is InChI=1S/C27H29F3N4O3/c1-19-5-3-6-21(13-19)15-32(16-22-7-4-8-23(14-22)27(28,29)30)17-25-31-24(18-37-25)26(36)34-11-9-33(10-12-34)20(2)35/h3-8,13-14,18H,9-12,15-17H2,1-2H3. The van der Waals surface area contributed by atoms with Gasteiger partial charge < -0.3 is 14.2 Å². The van der Waals surface area contributed by atoms with Crippen LogP contribution in [0.3, 0.4) is 0 Å². The van der Waals surface area contributed by atoms with Crippen LogP contribution in [0.2, 0.25) is 0 Å². The molecule has 2 heterocycles. The number of oxazole rings is 1. The van der Waals surface area contributed by atoms with Crippen molar-refractivity contribution in [3.05, 3.63) is 88.6 Å². The van der Waals surface area contributed by atoms with Crippen LogP contribution in [0.15, 0.2) is 59.2 Å². The van der Waals surface area contributed by atoms with Crippen LogP contribution in [0.1, 0.15) is 45.6 Å². The number of amides is 2. The lowest BCUT2D eigenvalue weighted by Crippen LogP contribution is -2.50. The predicted molar refractivity (Wildman–Crippen MR) is 130 cm³/mol. The first-order chi connectivity index (χ1) is 17.6. The van der Waals surface area contributed by atoms with Crippen LogP contribution < -0.4 is 0 Å². The van der Waals surface area contributed by atoms with Crippen molar-refractivity contribution in [2.24, 2.45) is 0 Å². The first-order valence-corrected chi connectivity index (χ1v) is 12.0. The van der Waals surface area contributed by atoms with Crippen LogP contribution in [0.5, 0.6) is 0 Å². The monoisotopic (exact) mass is 514 g/mol. The minimum Gasteiger partial charge on any atom is -0.447 e. The number of aromatic nitrogens is 1. The van der Waals surface area contributed by atoms with Crippen molar-refractivity contribution in [3.63, 3.8) is 0 Å². The molecule has 0 aliphatic carbocycles. The maximum Gasteiger partial charge on any atom is 0.416 e. The number of benzene rings is 2. The van der Waals surface area contributed by atoms with Crippen LogP contribution in [-0.4, -0.2) is 57.7 Å². The molecule has 0 saturated carbocycles. The van der Waals surface area contributed by atoms with Gasteiger partial charge in [0.15, 0.2) is 5.69 Å². The van der Waals surface area contributed by atoms with Gasteiger partial charge in [-0.1, -0.05) is 48.0 Å². The Hall–Kier alpha value is -3.66. The van der Waals surface area contributed by atoms with Gasteiger partial charge in [-0.15, -0.1) is 0 Å². The molecule has 4 rings (SSSR count). The fourth-order valence-electron chi connectivity index (χ4n) is 4.40. The van der Waals surface area contributed by atoms with E-state index < -0.39 is 11.7 Å². The maximum atomic E-state index is 13.2. The summed E-state index contributed by atoms with van der Waals surface area (Å²) in [5, 5.41) is 0. The van der Waals surface area contributed by atoms with Crippen molar-refractivity contribution in [1.82, 2.24) is 19.7 Å². The van der Waals surface area contributed by atoms with E-state index in [0.29, 0.717) is 44.2 Å². The summed E-state index contributed by atoms with van der Waals surface area (Å²) in [5.41, 5.74) is 2.05. The number of halogens is 3. The van der Waals surface area contributed by atoms with E-state index in [1.54, 1.807) is 15.9 Å². The van der Waals surface area contributed by atoms with E-state index in [-0.39, 0.29) is 30.6 Å². The number of aryl methyl sites for hydroxylation is 1. The third-order valence-electron chi connectivity index (χ3n) is 6.29. The fraction of sp³-hybridized carbons (Fsp3) is 0.370. The smallest absolute Gasteiger partial charge is 0.416 e. The highest BCUT2D eigenvalue weighted by molar-refractivity contribution is 5.92. The largest absolute Gasteiger partial charge is 0.447 e. The molecule has 2 amide bonds. The molecular weight excluding hydrogens is 485 g/mol. The second-order valence-corrected chi connectivity index (χ2v) is 9.26. The summed E-state index contributed by atoms with van der Waals surface area (Å²) < 4.78 is 45.3. The van der Waals surface area contributed by atoms with E-state index in [0.717, 1.165) is 23.3 Å². The Kier molecular flexibility index (Phi) is 7.97. The molecule has 3 aromatic rings. The molecule has 37 heavy (non-hydrogen) atoms. The van der Waals surface area contributed by atoms with Gasteiger partial charge in [0, 0.05) is 46.2 Å². The number of carbonyl (C=O) groups is 2. The number of carbonyl (C=O) groups excluding carboxylic acids is 2. The van der Waals surface area contributed by atoms with Crippen molar-refractivity contribution >= 4 is 11.8 Å². The predicted octanol–water partition coefficient (Wildman–Crippen LogP) is 4.51. The summed E-state index contributed by atoms with van der Waals surface area (Å²) in [6, 6.07) is 13.1. The summed E-state index contributed by atoms with van der Waals surface area (Å²) in [6.45, 7) is 6.13. The number of hydrogen-bond donors (Lipinski definition) is 0. The Bertz CT molecular complexity index is 1250. The van der Waals surface area contributed by atoms with Crippen LogP contribution in [0, 0.1) is 6.92 Å². The maximum absolute atomic E-state index is 13.2. The van der Waals surface area contributed by atoms with E-state index in [9.17, 15) is 22.8 Å². The Morgan fingerprint density at radius 2 is 1.57 bits per heavy atom. The first kappa shape index (κ1) is 26.4. The van der Waals surface area contributed by atoms with Gasteiger partial charge in [0.05, 0.1) is 12.1 Å². The van der Waals surface area contributed by atoms with Crippen molar-refractivity contribution in [1.29, 1.82) is 0 Å². The van der Waals surface area contributed by atoms with Crippen LogP contribution in [0.4, 0.5) is 13.2 Å². The van der Waals surface area contributed by atoms with Crippen LogP contribution >= 0.6 is 0 Å². The van der Waals surface area contributed by atoms with Gasteiger partial charge in [-0.2, -0.15) is 13.2 Å². The van der Waals surface area contributed by atoms with E-state index >= 15 is 0 Å². The third kappa shape index (κ3) is 6.97. The third-order valence-corrected chi connectivity index (χ3v) is 6.29. The van der Waals surface area contributed by atoms with Crippen molar-refractivity contribution in [2.75, 3.05) is 26.2 Å². The zero-order valence-electron chi connectivity index (χ0n) is 20.8. The highest BCUT2D eigenvalue weighted by Crippen LogP contribution is 2.30. The summed E-state index contributed by atoms with van der Waals surface area (Å²) in [4.78, 5) is 34.1. The summed E-state index contributed by atoms with van der Waals surface area (Å²) >= 11 is 0. The number of piperazine rings is 1. The Morgan fingerprint density at radius 1 is 0.946 bits per heavy atom. The molecule has 0 bridgehead atoms. The second-order valence-electron chi connectivity index (χ2n) is 9.26. The lowest BCUT2D eigenvalue weighted by molar-refractivity contribution is -0.137. The molecule has 1 aliphatic rings. The van der Waals surface area contributed by atoms with E-state index in [1.165, 1.54) is 19.3 Å². The number of alkyl halides is 3. The topological polar surface area (TPSA) is 69.9 Å². The number of rotatable bonds is 7. The Labute approximate surface area is 213 Å². The van der Waals surface area contributed by atoms with Gasteiger partial charge >= 0.3 is 6.18 Å². The lowest BCUT2D eigenvalue weighted by atomic mass is 10.1. The zero-order chi connectivity index (χ0) is 26.6. The fourth-order valence-corrected chi connectivity index (χ4v) is 4.40. The molecule has 1 aliphatic heterocycles. The SMILES string of the molecule is CC(=O)N1CCN(C(=O)c2coc(CN(Cc3cccc(C)c3)Cc3cccc(C(F)(F)F)c3)n2)CC1. The molecule has 1 saturated heterocycles. The minimum atomic E-state index is -4.43. The molecule has 1 aromatic heterocycles. The molecule has 0 radical (unpaired) electrons. The second kappa shape index (κ2) is 11.2. The Morgan fingerprint density at radius 3 is 2.19 bits per heavy atom. The van der Waals surface area contributed by atoms with E-state index in [2.05, 4.69) is 4.98 Å². The van der Waals surface area contributed by atoms with E-state index in [1.807, 2.05) is 36.1 Å². The Balaban J connectivity index is 1.49. The molecule has 0 spiro atoms. The number of nitrogens with zero attached hydrogens (tertiary/aromatic N) is 4. The van der Waals surface area contributed by atoms with Crippen molar-refractivity contribution in [2.45, 2.75) is 39.7 Å². The molecule has 1 fully saturated rings. The van der Waals surface area contributed by atoms with Gasteiger partial charge in [-0.3, -0.25) is 14.5 Å². The van der Waals surface area contributed by atoms with Gasteiger partial charge in [0.25, 0.3) is 5.91 Å². The zero-order valence-corrected chi connectivity index (χ0v) is 20.8. The molecule has 2 aromatic carbocycles. The molecule has 196 valence electrons. The number of hydrogen-bond acceptors (Lipinski definition) is 5. The lowest BCUT2D eigenvalue weighted by Gasteiger charge is -2.33. The van der Waals surface area contributed by atoms with Crippen molar-refractivity contribution in [3.8, 4) is 0 Å². The average Bonchev–Trinajstić information content (AvgIpc) is 3.31. The highest BCUT2D eigenvalue weighted by atomic mass is 19.4. The summed E-state index contributed by atoms with van der Waals surface area (Å²) in [7, 11) is 0. The van der Waals surface area contributed by atoms with Crippen LogP contribution in [0.25, 0.3) is 0 Å². The van der Waals surface area contributed by atoms with Gasteiger partial charge in [-0.05, 0) is 24.1 Å². The van der Waals surface area contributed by atoms with Gasteiger partial charge in [0.1, 0.15) is 6.26 Å². The molecule has 0 N–H and O–H groups in total. The minimum absolute atomic E-state index is 0.0229. The normalized spacial score (nSPS) is 14.3. The average molecular weight is 515 g/mol. The molecule has 0 atom stereocenters. The first-order valence-electron chi connectivity index (χ1n) is 12.0.